The van der Waals surface area contributed by atoms with Crippen LogP contribution in [0.1, 0.15) is 32.1 Å². The maximum absolute atomic E-state index is 6.77. The van der Waals surface area contributed by atoms with Crippen molar-refractivity contribution in [3.63, 3.8) is 0 Å². The van der Waals surface area contributed by atoms with Gasteiger partial charge in [0, 0.05) is 13.7 Å². The second-order valence-corrected chi connectivity index (χ2v) is 2.40. The number of hydrogen-bond donors (Lipinski definition) is 1. The molecular formula is C8H17NO. The zero-order valence-corrected chi connectivity index (χ0v) is 6.73. The topological polar surface area (TPSA) is 33.1 Å². The van der Waals surface area contributed by atoms with Crippen molar-refractivity contribution in [1.29, 1.82) is 5.41 Å². The zero-order valence-electron chi connectivity index (χ0n) is 6.73. The summed E-state index contributed by atoms with van der Waals surface area (Å²) < 4.78 is 4.90. The number of methoxy groups -OCH3 is 1. The van der Waals surface area contributed by atoms with E-state index in [2.05, 4.69) is 0 Å². The molecule has 0 rings (SSSR count). The van der Waals surface area contributed by atoms with E-state index in [0.717, 1.165) is 25.9 Å². The van der Waals surface area contributed by atoms with Gasteiger partial charge in [-0.25, -0.2) is 0 Å². The van der Waals surface area contributed by atoms with Gasteiger partial charge in [-0.05, 0) is 25.5 Å². The molecule has 0 bridgehead atoms. The molecule has 0 aliphatic rings. The van der Waals surface area contributed by atoms with Gasteiger partial charge < -0.3 is 10.1 Å². The van der Waals surface area contributed by atoms with Gasteiger partial charge in [-0.2, -0.15) is 0 Å². The van der Waals surface area contributed by atoms with Gasteiger partial charge in [0.05, 0.1) is 0 Å². The van der Waals surface area contributed by atoms with Gasteiger partial charge in [0.1, 0.15) is 0 Å². The van der Waals surface area contributed by atoms with Crippen molar-refractivity contribution in [2.24, 2.45) is 0 Å². The molecular weight excluding hydrogens is 126 g/mol. The highest BCUT2D eigenvalue weighted by molar-refractivity contribution is 5.52. The third kappa shape index (κ3) is 7.63. The fourth-order valence-corrected chi connectivity index (χ4v) is 0.846. The number of unbranched alkanes of at least 4 members (excludes halogenated alkanes) is 4. The molecule has 0 aliphatic heterocycles. The quantitative estimate of drug-likeness (QED) is 0.430. The molecule has 2 nitrogen and oxygen atoms in total. The Balaban J connectivity index is 2.70. The molecule has 0 unspecified atom stereocenters. The first-order valence-electron chi connectivity index (χ1n) is 3.89. The Morgan fingerprint density at radius 1 is 1.20 bits per heavy atom. The van der Waals surface area contributed by atoms with Crippen LogP contribution in [0.5, 0.6) is 0 Å². The Bertz CT molecular complexity index is 73.7. The molecule has 0 aromatic heterocycles. The SMILES string of the molecule is COCCCCCCC=N. The maximum Gasteiger partial charge on any atom is 0.0462 e. The first-order chi connectivity index (χ1) is 4.91. The molecule has 2 heteroatoms. The van der Waals surface area contributed by atoms with E-state index in [-0.39, 0.29) is 0 Å². The second-order valence-electron chi connectivity index (χ2n) is 2.40. The van der Waals surface area contributed by atoms with Gasteiger partial charge in [0.15, 0.2) is 0 Å². The molecule has 0 aliphatic carbocycles. The van der Waals surface area contributed by atoms with Crippen LogP contribution in [0.25, 0.3) is 0 Å². The van der Waals surface area contributed by atoms with Crippen LogP contribution in [-0.2, 0) is 4.74 Å². The highest BCUT2D eigenvalue weighted by Crippen LogP contribution is 2.00. The predicted molar refractivity (Wildman–Crippen MR) is 43.7 cm³/mol. The summed E-state index contributed by atoms with van der Waals surface area (Å²) in [6, 6.07) is 0. The molecule has 0 saturated heterocycles. The van der Waals surface area contributed by atoms with Gasteiger partial charge in [0.2, 0.25) is 0 Å². The lowest BCUT2D eigenvalue weighted by Gasteiger charge is -1.97. The van der Waals surface area contributed by atoms with Gasteiger partial charge in [-0.15, -0.1) is 0 Å². The third-order valence-electron chi connectivity index (χ3n) is 1.45. The fraction of sp³-hybridized carbons (Fsp3) is 0.875. The van der Waals surface area contributed by atoms with Crippen molar-refractivity contribution in [3.8, 4) is 0 Å². The van der Waals surface area contributed by atoms with Crippen molar-refractivity contribution in [2.75, 3.05) is 13.7 Å². The summed E-state index contributed by atoms with van der Waals surface area (Å²) in [5, 5.41) is 6.77. The van der Waals surface area contributed by atoms with Crippen LogP contribution in [0.3, 0.4) is 0 Å². The standard InChI is InChI=1S/C8H17NO/c1-10-8-6-4-2-3-5-7-9/h7,9H,2-6,8H2,1H3. The van der Waals surface area contributed by atoms with Crippen LogP contribution in [0.15, 0.2) is 0 Å². The zero-order chi connectivity index (χ0) is 7.66. The molecule has 0 amide bonds. The number of nitrogens with one attached hydrogen (secondary N) is 1. The molecule has 10 heavy (non-hydrogen) atoms. The molecule has 60 valence electrons. The lowest BCUT2D eigenvalue weighted by molar-refractivity contribution is 0.192. The lowest BCUT2D eigenvalue weighted by Crippen LogP contribution is -1.88. The van der Waals surface area contributed by atoms with Crippen molar-refractivity contribution in [1.82, 2.24) is 0 Å². The Morgan fingerprint density at radius 3 is 2.50 bits per heavy atom. The molecule has 0 saturated carbocycles. The summed E-state index contributed by atoms with van der Waals surface area (Å²) in [5.74, 6) is 0. The van der Waals surface area contributed by atoms with Crippen LogP contribution < -0.4 is 0 Å². The molecule has 0 fully saturated rings. The van der Waals surface area contributed by atoms with E-state index in [4.69, 9.17) is 10.1 Å². The minimum absolute atomic E-state index is 0.880. The normalized spacial score (nSPS) is 9.70. The Labute approximate surface area is 63.1 Å². The largest absolute Gasteiger partial charge is 0.385 e. The van der Waals surface area contributed by atoms with Crippen LogP contribution in [-0.4, -0.2) is 19.9 Å². The van der Waals surface area contributed by atoms with E-state index in [9.17, 15) is 0 Å². The number of hydrogen-bond acceptors (Lipinski definition) is 2. The summed E-state index contributed by atoms with van der Waals surface area (Å²) in [5.41, 5.74) is 0. The van der Waals surface area contributed by atoms with Crippen molar-refractivity contribution >= 4 is 6.21 Å². The lowest BCUT2D eigenvalue weighted by atomic mass is 10.2. The van der Waals surface area contributed by atoms with E-state index >= 15 is 0 Å². The average Bonchev–Trinajstić information content (AvgIpc) is 1.97. The first kappa shape index (κ1) is 9.63. The molecule has 0 spiro atoms. The Morgan fingerprint density at radius 2 is 1.90 bits per heavy atom. The van der Waals surface area contributed by atoms with Crippen molar-refractivity contribution in [2.45, 2.75) is 32.1 Å². The molecule has 0 aromatic carbocycles. The second kappa shape index (κ2) is 8.63. The fourth-order valence-electron chi connectivity index (χ4n) is 0.846. The number of rotatable bonds is 7. The van der Waals surface area contributed by atoms with Gasteiger partial charge >= 0.3 is 0 Å². The Kier molecular flexibility index (Phi) is 8.31. The van der Waals surface area contributed by atoms with Crippen LogP contribution in [0.2, 0.25) is 0 Å². The van der Waals surface area contributed by atoms with E-state index in [0.29, 0.717) is 0 Å². The third-order valence-corrected chi connectivity index (χ3v) is 1.45. The minimum atomic E-state index is 0.880. The van der Waals surface area contributed by atoms with E-state index in [1.165, 1.54) is 19.1 Å². The molecule has 1 N–H and O–H groups in total. The first-order valence-corrected chi connectivity index (χ1v) is 3.89. The van der Waals surface area contributed by atoms with Gasteiger partial charge in [-0.3, -0.25) is 0 Å². The Hall–Kier alpha value is -0.370. The summed E-state index contributed by atoms with van der Waals surface area (Å²) in [6.45, 7) is 0.880. The molecule has 0 heterocycles. The predicted octanol–water partition coefficient (Wildman–Crippen LogP) is 2.23. The molecule has 0 radical (unpaired) electrons. The van der Waals surface area contributed by atoms with Gasteiger partial charge in [0.25, 0.3) is 0 Å². The smallest absolute Gasteiger partial charge is 0.0462 e. The highest BCUT2D eigenvalue weighted by Gasteiger charge is 1.87. The van der Waals surface area contributed by atoms with Crippen LogP contribution in [0.4, 0.5) is 0 Å². The maximum atomic E-state index is 6.77. The molecule has 0 atom stereocenters. The molecule has 0 aromatic rings. The van der Waals surface area contributed by atoms with Crippen molar-refractivity contribution in [3.05, 3.63) is 0 Å². The van der Waals surface area contributed by atoms with Crippen molar-refractivity contribution < 1.29 is 4.74 Å². The summed E-state index contributed by atoms with van der Waals surface area (Å²) in [6.07, 6.45) is 7.21. The summed E-state index contributed by atoms with van der Waals surface area (Å²) in [7, 11) is 1.73. The van der Waals surface area contributed by atoms with Crippen LogP contribution >= 0.6 is 0 Å². The average molecular weight is 143 g/mol. The highest BCUT2D eigenvalue weighted by atomic mass is 16.5. The summed E-state index contributed by atoms with van der Waals surface area (Å²) >= 11 is 0. The van der Waals surface area contributed by atoms with E-state index < -0.39 is 0 Å². The monoisotopic (exact) mass is 143 g/mol. The summed E-state index contributed by atoms with van der Waals surface area (Å²) in [4.78, 5) is 0. The minimum Gasteiger partial charge on any atom is -0.385 e. The van der Waals surface area contributed by atoms with Gasteiger partial charge in [-0.1, -0.05) is 12.8 Å². The number of ether oxygens (including phenoxy) is 1. The van der Waals surface area contributed by atoms with Crippen LogP contribution in [0, 0.1) is 5.41 Å². The van der Waals surface area contributed by atoms with E-state index in [1.54, 1.807) is 7.11 Å². The van der Waals surface area contributed by atoms with E-state index in [1.807, 2.05) is 0 Å².